The fourth-order valence-corrected chi connectivity index (χ4v) is 3.11. The van der Waals surface area contributed by atoms with Gasteiger partial charge in [0, 0.05) is 20.3 Å². The highest BCUT2D eigenvalue weighted by molar-refractivity contribution is 8.00. The SMILES string of the molecule is COCCCn1c(S[C@@H](C)C#N)nc2cc(C(=O)OC)ccc2c1=O. The van der Waals surface area contributed by atoms with Crippen LogP contribution >= 0.6 is 11.8 Å². The molecule has 0 radical (unpaired) electrons. The minimum Gasteiger partial charge on any atom is -0.465 e. The number of rotatable bonds is 7. The number of nitriles is 1. The number of carbonyl (C=O) groups is 1. The maximum absolute atomic E-state index is 12.8. The van der Waals surface area contributed by atoms with E-state index in [1.54, 1.807) is 30.7 Å². The Labute approximate surface area is 149 Å². The number of hydrogen-bond donors (Lipinski definition) is 0. The van der Waals surface area contributed by atoms with Crippen LogP contribution in [0.2, 0.25) is 0 Å². The summed E-state index contributed by atoms with van der Waals surface area (Å²) in [6.45, 7) is 2.70. The number of thioether (sulfide) groups is 1. The van der Waals surface area contributed by atoms with Gasteiger partial charge in [-0.2, -0.15) is 5.26 Å². The fraction of sp³-hybridized carbons (Fsp3) is 0.412. The van der Waals surface area contributed by atoms with Gasteiger partial charge in [-0.15, -0.1) is 0 Å². The molecule has 1 aromatic heterocycles. The summed E-state index contributed by atoms with van der Waals surface area (Å²) in [5, 5.41) is 9.57. The van der Waals surface area contributed by atoms with E-state index < -0.39 is 5.97 Å². The molecule has 7 nitrogen and oxygen atoms in total. The standard InChI is InChI=1S/C17H19N3O4S/c1-11(10-18)25-17-19-14-9-12(16(22)24-3)5-6-13(14)15(21)20(17)7-4-8-23-2/h5-6,9,11H,4,7-8H2,1-3H3/t11-/m0/s1. The van der Waals surface area contributed by atoms with Crippen molar-refractivity contribution in [3.05, 3.63) is 34.1 Å². The van der Waals surface area contributed by atoms with E-state index in [2.05, 4.69) is 11.1 Å². The van der Waals surface area contributed by atoms with Crippen LogP contribution in [0.5, 0.6) is 0 Å². The molecule has 0 saturated heterocycles. The molecule has 0 aliphatic heterocycles. The highest BCUT2D eigenvalue weighted by atomic mass is 32.2. The predicted molar refractivity (Wildman–Crippen MR) is 94.8 cm³/mol. The van der Waals surface area contributed by atoms with Crippen LogP contribution in [-0.4, -0.2) is 41.6 Å². The van der Waals surface area contributed by atoms with Crippen LogP contribution in [0, 0.1) is 11.3 Å². The molecule has 0 bridgehead atoms. The zero-order chi connectivity index (χ0) is 18.4. The lowest BCUT2D eigenvalue weighted by molar-refractivity contribution is 0.0601. The minimum atomic E-state index is -0.493. The first-order valence-electron chi connectivity index (χ1n) is 7.70. The van der Waals surface area contributed by atoms with Crippen molar-refractivity contribution >= 4 is 28.6 Å². The van der Waals surface area contributed by atoms with Gasteiger partial charge in [0.05, 0.1) is 34.9 Å². The number of ether oxygens (including phenoxy) is 2. The van der Waals surface area contributed by atoms with Gasteiger partial charge in [-0.05, 0) is 31.5 Å². The van der Waals surface area contributed by atoms with E-state index in [1.807, 2.05) is 0 Å². The van der Waals surface area contributed by atoms with E-state index in [0.717, 1.165) is 0 Å². The molecule has 2 rings (SSSR count). The molecule has 25 heavy (non-hydrogen) atoms. The van der Waals surface area contributed by atoms with Crippen molar-refractivity contribution in [1.29, 1.82) is 5.26 Å². The smallest absolute Gasteiger partial charge is 0.337 e. The van der Waals surface area contributed by atoms with Crippen LogP contribution in [-0.2, 0) is 16.0 Å². The zero-order valence-electron chi connectivity index (χ0n) is 14.3. The lowest BCUT2D eigenvalue weighted by Crippen LogP contribution is -2.24. The topological polar surface area (TPSA) is 94.2 Å². The van der Waals surface area contributed by atoms with Crippen molar-refractivity contribution in [2.45, 2.75) is 30.3 Å². The molecule has 0 aliphatic rings. The Balaban J connectivity index is 2.57. The van der Waals surface area contributed by atoms with Crippen molar-refractivity contribution in [2.75, 3.05) is 20.8 Å². The Kier molecular flexibility index (Phi) is 6.56. The highest BCUT2D eigenvalue weighted by Gasteiger charge is 2.16. The molecule has 0 unspecified atom stereocenters. The second-order valence-electron chi connectivity index (χ2n) is 5.31. The monoisotopic (exact) mass is 361 g/mol. The predicted octanol–water partition coefficient (Wildman–Crippen LogP) is 2.22. The Hall–Kier alpha value is -2.37. The molecule has 1 aromatic carbocycles. The molecule has 0 aliphatic carbocycles. The third-order valence-corrected chi connectivity index (χ3v) is 4.52. The average molecular weight is 361 g/mol. The van der Waals surface area contributed by atoms with Gasteiger partial charge in [0.25, 0.3) is 5.56 Å². The fourth-order valence-electron chi connectivity index (χ4n) is 2.28. The van der Waals surface area contributed by atoms with Crippen LogP contribution in [0.3, 0.4) is 0 Å². The van der Waals surface area contributed by atoms with Crippen molar-refractivity contribution in [1.82, 2.24) is 9.55 Å². The van der Waals surface area contributed by atoms with Crippen molar-refractivity contribution < 1.29 is 14.3 Å². The van der Waals surface area contributed by atoms with Gasteiger partial charge < -0.3 is 9.47 Å². The summed E-state index contributed by atoms with van der Waals surface area (Å²) in [5.74, 6) is -0.493. The maximum Gasteiger partial charge on any atom is 0.337 e. The highest BCUT2D eigenvalue weighted by Crippen LogP contribution is 2.23. The number of aromatic nitrogens is 2. The van der Waals surface area contributed by atoms with E-state index in [-0.39, 0.29) is 10.8 Å². The summed E-state index contributed by atoms with van der Waals surface area (Å²) < 4.78 is 11.3. The zero-order valence-corrected chi connectivity index (χ0v) is 15.1. The Bertz CT molecular complexity index is 873. The molecule has 8 heteroatoms. The molecular weight excluding hydrogens is 342 g/mol. The average Bonchev–Trinajstić information content (AvgIpc) is 2.63. The normalized spacial score (nSPS) is 11.9. The molecule has 132 valence electrons. The van der Waals surface area contributed by atoms with Crippen LogP contribution in [0.1, 0.15) is 23.7 Å². The molecule has 1 heterocycles. The number of fused-ring (bicyclic) bond motifs is 1. The van der Waals surface area contributed by atoms with Gasteiger partial charge in [0.1, 0.15) is 0 Å². The van der Waals surface area contributed by atoms with Gasteiger partial charge in [-0.25, -0.2) is 9.78 Å². The minimum absolute atomic E-state index is 0.204. The lowest BCUT2D eigenvalue weighted by Gasteiger charge is -2.14. The van der Waals surface area contributed by atoms with Gasteiger partial charge in [-0.3, -0.25) is 9.36 Å². The third-order valence-electron chi connectivity index (χ3n) is 3.54. The second-order valence-corrected chi connectivity index (χ2v) is 6.62. The quantitative estimate of drug-likeness (QED) is 0.323. The van der Waals surface area contributed by atoms with Crippen molar-refractivity contribution in [2.24, 2.45) is 0 Å². The molecule has 0 amide bonds. The Morgan fingerprint density at radius 2 is 2.20 bits per heavy atom. The third kappa shape index (κ3) is 4.38. The molecule has 1 atom stereocenters. The van der Waals surface area contributed by atoms with Crippen LogP contribution in [0.25, 0.3) is 10.9 Å². The van der Waals surface area contributed by atoms with Crippen molar-refractivity contribution in [3.8, 4) is 6.07 Å². The molecule has 0 saturated carbocycles. The number of methoxy groups -OCH3 is 2. The van der Waals surface area contributed by atoms with Gasteiger partial charge >= 0.3 is 5.97 Å². The second kappa shape index (κ2) is 8.65. The summed E-state index contributed by atoms with van der Waals surface area (Å²) >= 11 is 1.21. The summed E-state index contributed by atoms with van der Waals surface area (Å²) in [7, 11) is 2.90. The first-order chi connectivity index (χ1) is 12.0. The number of hydrogen-bond acceptors (Lipinski definition) is 7. The maximum atomic E-state index is 12.8. The summed E-state index contributed by atoms with van der Waals surface area (Å²) in [5.41, 5.74) is 0.525. The summed E-state index contributed by atoms with van der Waals surface area (Å²) in [6, 6.07) is 6.77. The summed E-state index contributed by atoms with van der Waals surface area (Å²) in [4.78, 5) is 29.0. The number of esters is 1. The van der Waals surface area contributed by atoms with E-state index in [1.165, 1.54) is 24.9 Å². The molecular formula is C17H19N3O4S. The molecule has 2 aromatic rings. The van der Waals surface area contributed by atoms with Crippen LogP contribution in [0.4, 0.5) is 0 Å². The Morgan fingerprint density at radius 3 is 2.84 bits per heavy atom. The number of benzene rings is 1. The van der Waals surface area contributed by atoms with Crippen molar-refractivity contribution in [3.63, 3.8) is 0 Å². The largest absolute Gasteiger partial charge is 0.465 e. The van der Waals surface area contributed by atoms with Crippen LogP contribution < -0.4 is 5.56 Å². The van der Waals surface area contributed by atoms with Gasteiger partial charge in [-0.1, -0.05) is 11.8 Å². The van der Waals surface area contributed by atoms with E-state index in [9.17, 15) is 9.59 Å². The first kappa shape index (κ1) is 19.0. The van der Waals surface area contributed by atoms with E-state index in [4.69, 9.17) is 14.7 Å². The van der Waals surface area contributed by atoms with E-state index in [0.29, 0.717) is 41.2 Å². The van der Waals surface area contributed by atoms with Gasteiger partial charge in [0.15, 0.2) is 5.16 Å². The van der Waals surface area contributed by atoms with Crippen LogP contribution in [0.15, 0.2) is 28.2 Å². The lowest BCUT2D eigenvalue weighted by atomic mass is 10.1. The molecule has 0 fully saturated rings. The van der Waals surface area contributed by atoms with Gasteiger partial charge in [0.2, 0.25) is 0 Å². The number of carbonyl (C=O) groups excluding carboxylic acids is 1. The Morgan fingerprint density at radius 1 is 1.44 bits per heavy atom. The van der Waals surface area contributed by atoms with E-state index >= 15 is 0 Å². The molecule has 0 spiro atoms. The summed E-state index contributed by atoms with van der Waals surface area (Å²) in [6.07, 6.45) is 0.651. The number of nitrogens with zero attached hydrogens (tertiary/aromatic N) is 3. The first-order valence-corrected chi connectivity index (χ1v) is 8.58. The molecule has 0 N–H and O–H groups in total.